The van der Waals surface area contributed by atoms with E-state index in [1.165, 1.54) is 7.11 Å². The molecule has 1 aliphatic heterocycles. The zero-order valence-corrected chi connectivity index (χ0v) is 9.52. The molecule has 16 heavy (non-hydrogen) atoms. The molecule has 0 saturated carbocycles. The van der Waals surface area contributed by atoms with Crippen molar-refractivity contribution in [3.8, 4) is 0 Å². The molecule has 1 aliphatic rings. The highest BCUT2D eigenvalue weighted by atomic mass is 16.5. The Morgan fingerprint density at radius 2 is 2.31 bits per heavy atom. The summed E-state index contributed by atoms with van der Waals surface area (Å²) in [7, 11) is 1.46. The molecule has 4 heteroatoms. The third-order valence-corrected chi connectivity index (χ3v) is 3.08. The van der Waals surface area contributed by atoms with Crippen molar-refractivity contribution >= 4 is 5.97 Å². The van der Waals surface area contributed by atoms with E-state index in [1.54, 1.807) is 6.26 Å². The lowest BCUT2D eigenvalue weighted by Gasteiger charge is -2.29. The van der Waals surface area contributed by atoms with Crippen LogP contribution in [0.2, 0.25) is 0 Å². The molecule has 0 amide bonds. The smallest absolute Gasteiger partial charge is 0.308 e. The van der Waals surface area contributed by atoms with Gasteiger partial charge in [0.05, 0.1) is 25.8 Å². The molecule has 0 aliphatic carbocycles. The van der Waals surface area contributed by atoms with Crippen LogP contribution in [0.25, 0.3) is 0 Å². The number of methoxy groups -OCH3 is 1. The average molecular weight is 223 g/mol. The van der Waals surface area contributed by atoms with E-state index in [-0.39, 0.29) is 11.9 Å². The summed E-state index contributed by atoms with van der Waals surface area (Å²) < 4.78 is 10.1. The molecule has 2 heterocycles. The van der Waals surface area contributed by atoms with Gasteiger partial charge in [-0.05, 0) is 38.1 Å². The minimum absolute atomic E-state index is 0.0716. The lowest BCUT2D eigenvalue weighted by Crippen LogP contribution is -2.36. The van der Waals surface area contributed by atoms with Crippen LogP contribution >= 0.6 is 0 Å². The van der Waals surface area contributed by atoms with Gasteiger partial charge >= 0.3 is 5.97 Å². The number of piperidine rings is 1. The summed E-state index contributed by atoms with van der Waals surface area (Å²) in [5, 5.41) is 0. The number of esters is 1. The third-order valence-electron chi connectivity index (χ3n) is 3.08. The molecule has 0 aromatic carbocycles. The van der Waals surface area contributed by atoms with Crippen LogP contribution in [0.5, 0.6) is 0 Å². The van der Waals surface area contributed by atoms with E-state index in [1.807, 2.05) is 12.1 Å². The van der Waals surface area contributed by atoms with Crippen LogP contribution in [0.15, 0.2) is 22.8 Å². The maximum absolute atomic E-state index is 11.3. The van der Waals surface area contributed by atoms with Crippen LogP contribution in [0.1, 0.15) is 18.6 Å². The molecule has 0 radical (unpaired) electrons. The quantitative estimate of drug-likeness (QED) is 0.731. The molecule has 0 unspecified atom stereocenters. The van der Waals surface area contributed by atoms with Gasteiger partial charge in [0, 0.05) is 0 Å². The average Bonchev–Trinajstić information content (AvgIpc) is 2.82. The largest absolute Gasteiger partial charge is 0.469 e. The fraction of sp³-hybridized carbons (Fsp3) is 0.583. The molecule has 1 fully saturated rings. The van der Waals surface area contributed by atoms with Crippen LogP contribution in [0.3, 0.4) is 0 Å². The van der Waals surface area contributed by atoms with Gasteiger partial charge < -0.3 is 9.15 Å². The number of ether oxygens (including phenoxy) is 1. The molecule has 0 spiro atoms. The Labute approximate surface area is 95.2 Å². The number of nitrogens with zero attached hydrogens (tertiary/aromatic N) is 1. The molecule has 88 valence electrons. The van der Waals surface area contributed by atoms with E-state index in [2.05, 4.69) is 4.90 Å². The highest BCUT2D eigenvalue weighted by Gasteiger charge is 2.25. The molecule has 0 bridgehead atoms. The highest BCUT2D eigenvalue weighted by molar-refractivity contribution is 5.72. The highest BCUT2D eigenvalue weighted by Crippen LogP contribution is 2.20. The number of hydrogen-bond donors (Lipinski definition) is 0. The minimum Gasteiger partial charge on any atom is -0.469 e. The summed E-state index contributed by atoms with van der Waals surface area (Å²) in [6.07, 6.45) is 3.46. The Morgan fingerprint density at radius 1 is 1.56 bits per heavy atom. The standard InChI is InChI=1S/C12H17NO3/c1-15-12(14)10-4-6-13(7-5-10)9-11-3-2-8-16-11/h2-3,8,10H,4-7,9H2,1H3. The van der Waals surface area contributed by atoms with E-state index >= 15 is 0 Å². The summed E-state index contributed by atoms with van der Waals surface area (Å²) in [6.45, 7) is 2.70. The second-order valence-corrected chi connectivity index (χ2v) is 4.15. The fourth-order valence-corrected chi connectivity index (χ4v) is 2.12. The molecular weight excluding hydrogens is 206 g/mol. The van der Waals surface area contributed by atoms with Crippen LogP contribution in [-0.2, 0) is 16.1 Å². The summed E-state index contributed by atoms with van der Waals surface area (Å²) in [5.41, 5.74) is 0. The number of likely N-dealkylation sites (tertiary alicyclic amines) is 1. The topological polar surface area (TPSA) is 42.7 Å². The zero-order valence-electron chi connectivity index (χ0n) is 9.52. The van der Waals surface area contributed by atoms with E-state index in [4.69, 9.17) is 9.15 Å². The lowest BCUT2D eigenvalue weighted by molar-refractivity contribution is -0.147. The minimum atomic E-state index is -0.0716. The van der Waals surface area contributed by atoms with Crippen LogP contribution < -0.4 is 0 Å². The van der Waals surface area contributed by atoms with Gasteiger partial charge in [0.1, 0.15) is 5.76 Å². The monoisotopic (exact) mass is 223 g/mol. The molecule has 1 aromatic rings. The first-order valence-electron chi connectivity index (χ1n) is 5.62. The Hall–Kier alpha value is -1.29. The van der Waals surface area contributed by atoms with Gasteiger partial charge in [0.2, 0.25) is 0 Å². The van der Waals surface area contributed by atoms with Crippen molar-refractivity contribution in [1.29, 1.82) is 0 Å². The van der Waals surface area contributed by atoms with Crippen LogP contribution in [-0.4, -0.2) is 31.1 Å². The Balaban J connectivity index is 1.79. The van der Waals surface area contributed by atoms with Gasteiger partial charge in [-0.2, -0.15) is 0 Å². The molecule has 1 saturated heterocycles. The molecule has 2 rings (SSSR count). The van der Waals surface area contributed by atoms with E-state index < -0.39 is 0 Å². The van der Waals surface area contributed by atoms with Crippen molar-refractivity contribution in [2.45, 2.75) is 19.4 Å². The normalized spacial score (nSPS) is 18.6. The third kappa shape index (κ3) is 2.64. The van der Waals surface area contributed by atoms with Gasteiger partial charge in [-0.25, -0.2) is 0 Å². The summed E-state index contributed by atoms with van der Waals surface area (Å²) in [4.78, 5) is 13.6. The van der Waals surface area contributed by atoms with Gasteiger partial charge in [-0.3, -0.25) is 9.69 Å². The number of rotatable bonds is 3. The Morgan fingerprint density at radius 3 is 2.88 bits per heavy atom. The zero-order chi connectivity index (χ0) is 11.4. The molecule has 4 nitrogen and oxygen atoms in total. The molecule has 1 aromatic heterocycles. The van der Waals surface area contributed by atoms with Crippen molar-refractivity contribution in [2.24, 2.45) is 5.92 Å². The van der Waals surface area contributed by atoms with Gasteiger partial charge in [0.15, 0.2) is 0 Å². The first-order valence-corrected chi connectivity index (χ1v) is 5.62. The summed E-state index contributed by atoms with van der Waals surface area (Å²) in [5.74, 6) is 0.993. The van der Waals surface area contributed by atoms with Crippen LogP contribution in [0, 0.1) is 5.92 Å². The van der Waals surface area contributed by atoms with E-state index in [0.717, 1.165) is 38.2 Å². The summed E-state index contributed by atoms with van der Waals surface area (Å²) in [6, 6.07) is 3.88. The number of carbonyl (C=O) groups excluding carboxylic acids is 1. The number of carbonyl (C=O) groups is 1. The van der Waals surface area contributed by atoms with Crippen LogP contribution in [0.4, 0.5) is 0 Å². The van der Waals surface area contributed by atoms with E-state index in [9.17, 15) is 4.79 Å². The van der Waals surface area contributed by atoms with Crippen molar-refractivity contribution in [3.63, 3.8) is 0 Å². The van der Waals surface area contributed by atoms with Gasteiger partial charge in [-0.1, -0.05) is 0 Å². The first kappa shape index (κ1) is 11.2. The van der Waals surface area contributed by atoms with Crippen molar-refractivity contribution in [2.75, 3.05) is 20.2 Å². The first-order chi connectivity index (χ1) is 7.79. The second kappa shape index (κ2) is 5.16. The lowest BCUT2D eigenvalue weighted by atomic mass is 9.97. The Bertz CT molecular complexity index is 326. The van der Waals surface area contributed by atoms with Crippen molar-refractivity contribution in [3.05, 3.63) is 24.2 Å². The van der Waals surface area contributed by atoms with Gasteiger partial charge in [0.25, 0.3) is 0 Å². The SMILES string of the molecule is COC(=O)C1CCN(Cc2ccco2)CC1. The van der Waals surface area contributed by atoms with Gasteiger partial charge in [-0.15, -0.1) is 0 Å². The molecular formula is C12H17NO3. The maximum atomic E-state index is 11.3. The van der Waals surface area contributed by atoms with Crippen molar-refractivity contribution in [1.82, 2.24) is 4.90 Å². The predicted octanol–water partition coefficient (Wildman–Crippen LogP) is 1.66. The maximum Gasteiger partial charge on any atom is 0.308 e. The molecule has 0 N–H and O–H groups in total. The Kier molecular flexibility index (Phi) is 3.62. The van der Waals surface area contributed by atoms with Crippen molar-refractivity contribution < 1.29 is 13.9 Å². The fourth-order valence-electron chi connectivity index (χ4n) is 2.12. The van der Waals surface area contributed by atoms with E-state index in [0.29, 0.717) is 0 Å². The second-order valence-electron chi connectivity index (χ2n) is 4.15. The summed E-state index contributed by atoms with van der Waals surface area (Å²) >= 11 is 0. The molecule has 0 atom stereocenters. The number of furan rings is 1. The predicted molar refractivity (Wildman–Crippen MR) is 58.7 cm³/mol. The number of hydrogen-bond acceptors (Lipinski definition) is 4.